The third-order valence-corrected chi connectivity index (χ3v) is 2.34. The minimum Gasteiger partial charge on any atom is -0.478 e. The number of carbonyl (C=O) groups is 1. The highest BCUT2D eigenvalue weighted by Gasteiger charge is 2.11. The number of aryl methyl sites for hydroxylation is 1. The average Bonchev–Trinajstić information content (AvgIpc) is 2.46. The minimum atomic E-state index is -1.04. The molecule has 2 heterocycles. The Morgan fingerprint density at radius 2 is 2.36 bits per heavy atom. The van der Waals surface area contributed by atoms with Gasteiger partial charge in [0, 0.05) is 6.20 Å². The summed E-state index contributed by atoms with van der Waals surface area (Å²) < 4.78 is 1.69. The number of carboxylic acids is 1. The summed E-state index contributed by atoms with van der Waals surface area (Å²) in [6.45, 7) is 1.80. The van der Waals surface area contributed by atoms with E-state index in [4.69, 9.17) is 16.7 Å². The van der Waals surface area contributed by atoms with Gasteiger partial charge in [-0.05, 0) is 13.0 Å². The maximum absolute atomic E-state index is 10.8. The number of aromatic carboxylic acids is 1. The second-order valence-corrected chi connectivity index (χ2v) is 3.35. The van der Waals surface area contributed by atoms with Crippen molar-refractivity contribution in [1.82, 2.24) is 9.38 Å². The van der Waals surface area contributed by atoms with E-state index < -0.39 is 5.97 Å². The zero-order valence-electron chi connectivity index (χ0n) is 7.36. The number of aromatic nitrogens is 2. The molecule has 0 aliphatic rings. The lowest BCUT2D eigenvalue weighted by Crippen LogP contribution is -2.00. The molecular weight excluding hydrogens is 204 g/mol. The van der Waals surface area contributed by atoms with Gasteiger partial charge in [0.05, 0.1) is 22.3 Å². The third kappa shape index (κ3) is 1.24. The smallest absolute Gasteiger partial charge is 0.338 e. The van der Waals surface area contributed by atoms with Crippen LogP contribution in [0, 0.1) is 6.92 Å². The molecular formula is C9H7ClN2O2. The Morgan fingerprint density at radius 3 is 3.00 bits per heavy atom. The Kier molecular flexibility index (Phi) is 1.93. The first-order chi connectivity index (χ1) is 6.59. The number of nitrogens with zero attached hydrogens (tertiary/aromatic N) is 2. The van der Waals surface area contributed by atoms with E-state index in [2.05, 4.69) is 4.98 Å². The molecule has 0 bridgehead atoms. The molecule has 0 aromatic carbocycles. The molecule has 0 spiro atoms. The van der Waals surface area contributed by atoms with Crippen LogP contribution in [0.2, 0.25) is 5.02 Å². The predicted molar refractivity (Wildman–Crippen MR) is 51.9 cm³/mol. The van der Waals surface area contributed by atoms with E-state index >= 15 is 0 Å². The number of pyridine rings is 1. The molecule has 0 radical (unpaired) electrons. The highest BCUT2D eigenvalue weighted by molar-refractivity contribution is 6.33. The number of imidazole rings is 1. The van der Waals surface area contributed by atoms with E-state index in [1.807, 2.05) is 0 Å². The molecule has 1 N–H and O–H groups in total. The minimum absolute atomic E-state index is 0.0836. The number of hydrogen-bond acceptors (Lipinski definition) is 2. The van der Waals surface area contributed by atoms with Gasteiger partial charge in [-0.3, -0.25) is 0 Å². The van der Waals surface area contributed by atoms with Crippen LogP contribution in [0.5, 0.6) is 0 Å². The van der Waals surface area contributed by atoms with Crippen LogP contribution in [-0.4, -0.2) is 20.5 Å². The maximum atomic E-state index is 10.8. The van der Waals surface area contributed by atoms with Gasteiger partial charge in [-0.25, -0.2) is 9.78 Å². The predicted octanol–water partition coefficient (Wildman–Crippen LogP) is 1.99. The fourth-order valence-corrected chi connectivity index (χ4v) is 1.54. The Bertz CT molecular complexity index is 519. The maximum Gasteiger partial charge on any atom is 0.338 e. The highest BCUT2D eigenvalue weighted by Crippen LogP contribution is 2.19. The van der Waals surface area contributed by atoms with Crippen molar-refractivity contribution >= 4 is 23.1 Å². The Morgan fingerprint density at radius 1 is 1.64 bits per heavy atom. The number of carboxylic acid groups (broad SMARTS) is 1. The van der Waals surface area contributed by atoms with Gasteiger partial charge < -0.3 is 9.51 Å². The van der Waals surface area contributed by atoms with Gasteiger partial charge in [0.1, 0.15) is 5.82 Å². The molecule has 0 fully saturated rings. The van der Waals surface area contributed by atoms with Gasteiger partial charge in [0.25, 0.3) is 0 Å². The van der Waals surface area contributed by atoms with Crippen molar-refractivity contribution in [2.75, 3.05) is 0 Å². The van der Waals surface area contributed by atoms with E-state index in [0.717, 1.165) is 11.3 Å². The van der Waals surface area contributed by atoms with Crippen molar-refractivity contribution in [1.29, 1.82) is 0 Å². The zero-order valence-corrected chi connectivity index (χ0v) is 8.12. The second kappa shape index (κ2) is 2.99. The highest BCUT2D eigenvalue weighted by atomic mass is 35.5. The molecule has 2 aromatic rings. The summed E-state index contributed by atoms with van der Waals surface area (Å²) in [6, 6.07) is 1.59. The van der Waals surface area contributed by atoms with E-state index in [1.165, 1.54) is 6.20 Å². The van der Waals surface area contributed by atoms with Crippen LogP contribution in [0.25, 0.3) is 5.52 Å². The molecule has 0 aliphatic carbocycles. The second-order valence-electron chi connectivity index (χ2n) is 2.94. The Hall–Kier alpha value is -1.55. The lowest BCUT2D eigenvalue weighted by Gasteiger charge is -2.01. The third-order valence-electron chi connectivity index (χ3n) is 2.03. The summed E-state index contributed by atoms with van der Waals surface area (Å²) in [5.74, 6) is -0.302. The van der Waals surface area contributed by atoms with Gasteiger partial charge in [0.15, 0.2) is 0 Å². The fraction of sp³-hybridized carbons (Fsp3) is 0.111. The molecule has 5 heteroatoms. The molecule has 4 nitrogen and oxygen atoms in total. The van der Waals surface area contributed by atoms with Gasteiger partial charge >= 0.3 is 5.97 Å². The van der Waals surface area contributed by atoms with E-state index in [0.29, 0.717) is 0 Å². The molecule has 2 aromatic heterocycles. The monoisotopic (exact) mass is 210 g/mol. The summed E-state index contributed by atoms with van der Waals surface area (Å²) in [5, 5.41) is 9.06. The van der Waals surface area contributed by atoms with Crippen LogP contribution < -0.4 is 0 Å². The molecule has 0 saturated heterocycles. The van der Waals surface area contributed by atoms with Gasteiger partial charge in [-0.15, -0.1) is 0 Å². The first kappa shape index (κ1) is 9.02. The quantitative estimate of drug-likeness (QED) is 0.783. The van der Waals surface area contributed by atoms with Crippen molar-refractivity contribution < 1.29 is 9.90 Å². The molecule has 0 atom stereocenters. The standard InChI is InChI=1S/C9H7ClN2O2/c1-5-11-3-6-2-8(10)7(9(13)14)4-12(5)6/h2-4H,1H3,(H,13,14). The molecule has 2 rings (SSSR count). The summed E-state index contributed by atoms with van der Waals surface area (Å²) in [6.07, 6.45) is 3.12. The molecule has 0 unspecified atom stereocenters. The lowest BCUT2D eigenvalue weighted by molar-refractivity contribution is 0.0696. The fourth-order valence-electron chi connectivity index (χ4n) is 1.30. The molecule has 0 aliphatic heterocycles. The van der Waals surface area contributed by atoms with Crippen molar-refractivity contribution in [3.8, 4) is 0 Å². The number of hydrogen-bond donors (Lipinski definition) is 1. The van der Waals surface area contributed by atoms with Crippen LogP contribution in [0.15, 0.2) is 18.5 Å². The Labute approximate surface area is 84.8 Å². The SMILES string of the molecule is Cc1ncc2cc(Cl)c(C(=O)O)cn12. The van der Waals surface area contributed by atoms with Gasteiger partial charge in [-0.1, -0.05) is 11.6 Å². The van der Waals surface area contributed by atoms with Gasteiger partial charge in [0.2, 0.25) is 0 Å². The topological polar surface area (TPSA) is 54.6 Å². The van der Waals surface area contributed by atoms with Crippen molar-refractivity contribution in [3.05, 3.63) is 34.9 Å². The number of halogens is 1. The average molecular weight is 211 g/mol. The number of rotatable bonds is 1. The van der Waals surface area contributed by atoms with E-state index in [9.17, 15) is 4.79 Å². The summed E-state index contributed by atoms with van der Waals surface area (Å²) in [4.78, 5) is 14.8. The lowest BCUT2D eigenvalue weighted by atomic mass is 10.2. The zero-order chi connectivity index (χ0) is 10.3. The molecule has 14 heavy (non-hydrogen) atoms. The first-order valence-electron chi connectivity index (χ1n) is 3.96. The summed E-state index contributed by atoms with van der Waals surface area (Å²) >= 11 is 5.79. The van der Waals surface area contributed by atoms with Crippen LogP contribution in [0.3, 0.4) is 0 Å². The first-order valence-corrected chi connectivity index (χ1v) is 4.34. The largest absolute Gasteiger partial charge is 0.478 e. The van der Waals surface area contributed by atoms with Crippen molar-refractivity contribution in [2.45, 2.75) is 6.92 Å². The Balaban J connectivity index is 2.80. The molecule has 0 amide bonds. The van der Waals surface area contributed by atoms with Crippen molar-refractivity contribution in [2.24, 2.45) is 0 Å². The van der Waals surface area contributed by atoms with E-state index in [-0.39, 0.29) is 10.6 Å². The number of fused-ring (bicyclic) bond motifs is 1. The van der Waals surface area contributed by atoms with Gasteiger partial charge in [-0.2, -0.15) is 0 Å². The normalized spacial score (nSPS) is 10.7. The molecule has 0 saturated carbocycles. The molecule has 72 valence electrons. The summed E-state index contributed by atoms with van der Waals surface area (Å²) in [5.41, 5.74) is 0.873. The van der Waals surface area contributed by atoms with Crippen LogP contribution in [-0.2, 0) is 0 Å². The van der Waals surface area contributed by atoms with Crippen LogP contribution in [0.4, 0.5) is 0 Å². The summed E-state index contributed by atoms with van der Waals surface area (Å²) in [7, 11) is 0. The van der Waals surface area contributed by atoms with Crippen LogP contribution in [0.1, 0.15) is 16.2 Å². The van der Waals surface area contributed by atoms with Crippen molar-refractivity contribution in [3.63, 3.8) is 0 Å². The van der Waals surface area contributed by atoms with E-state index in [1.54, 1.807) is 23.6 Å². The van der Waals surface area contributed by atoms with Crippen LogP contribution >= 0.6 is 11.6 Å².